The summed E-state index contributed by atoms with van der Waals surface area (Å²) in [5, 5.41) is 0.658. The third-order valence-electron chi connectivity index (χ3n) is 5.72. The van der Waals surface area contributed by atoms with Crippen LogP contribution < -0.4 is 11.2 Å². The lowest BCUT2D eigenvalue weighted by molar-refractivity contribution is 0.479. The van der Waals surface area contributed by atoms with Crippen LogP contribution in [0.15, 0.2) is 56.7 Å². The van der Waals surface area contributed by atoms with Crippen LogP contribution in [0.25, 0.3) is 10.2 Å². The minimum atomic E-state index is -0.371. The fraction of sp³-hybridized carbons (Fsp3) is 0.304. The molecule has 0 fully saturated rings. The van der Waals surface area contributed by atoms with E-state index in [0.29, 0.717) is 11.1 Å². The summed E-state index contributed by atoms with van der Waals surface area (Å²) in [5.41, 5.74) is 1.29. The molecule has 0 radical (unpaired) electrons. The number of aryl methyl sites for hydroxylation is 2. The summed E-state index contributed by atoms with van der Waals surface area (Å²) in [7, 11) is 0. The van der Waals surface area contributed by atoms with Crippen molar-refractivity contribution < 1.29 is 8.81 Å². The summed E-state index contributed by atoms with van der Waals surface area (Å²) >= 11 is 1.56. The van der Waals surface area contributed by atoms with Crippen LogP contribution in [0.1, 0.15) is 41.0 Å². The van der Waals surface area contributed by atoms with Gasteiger partial charge in [-0.25, -0.2) is 9.18 Å². The zero-order valence-electron chi connectivity index (χ0n) is 16.4. The lowest BCUT2D eigenvalue weighted by Gasteiger charge is -2.12. The molecule has 1 aromatic carbocycles. The smallest absolute Gasteiger partial charge is 0.332 e. The maximum atomic E-state index is 13.4. The molecular formula is C23H21FN2O3S. The van der Waals surface area contributed by atoms with E-state index in [0.717, 1.165) is 48.1 Å². The Bertz CT molecular complexity index is 1310. The molecule has 0 saturated heterocycles. The average molecular weight is 424 g/mol. The predicted molar refractivity (Wildman–Crippen MR) is 115 cm³/mol. The quantitative estimate of drug-likeness (QED) is 0.459. The molecule has 5 nitrogen and oxygen atoms in total. The van der Waals surface area contributed by atoms with Crippen molar-refractivity contribution in [3.05, 3.63) is 91.1 Å². The van der Waals surface area contributed by atoms with E-state index < -0.39 is 0 Å². The lowest BCUT2D eigenvalue weighted by Crippen LogP contribution is -2.40. The fourth-order valence-electron chi connectivity index (χ4n) is 4.20. The maximum absolute atomic E-state index is 13.4. The van der Waals surface area contributed by atoms with Gasteiger partial charge in [0, 0.05) is 4.88 Å². The molecule has 4 aromatic rings. The zero-order chi connectivity index (χ0) is 20.7. The van der Waals surface area contributed by atoms with Crippen molar-refractivity contribution in [3.63, 3.8) is 0 Å². The number of furan rings is 1. The summed E-state index contributed by atoms with van der Waals surface area (Å²) < 4.78 is 21.7. The molecule has 0 aliphatic heterocycles. The number of aromatic nitrogens is 2. The van der Waals surface area contributed by atoms with Crippen molar-refractivity contribution >= 4 is 21.6 Å². The third kappa shape index (κ3) is 3.33. The molecule has 0 saturated carbocycles. The van der Waals surface area contributed by atoms with Crippen LogP contribution in [0.4, 0.5) is 4.39 Å². The first-order valence-electron chi connectivity index (χ1n) is 10.2. The van der Waals surface area contributed by atoms with Gasteiger partial charge >= 0.3 is 5.69 Å². The zero-order valence-corrected chi connectivity index (χ0v) is 17.2. The molecule has 30 heavy (non-hydrogen) atoms. The van der Waals surface area contributed by atoms with Crippen LogP contribution in [0.2, 0.25) is 0 Å². The number of hydrogen-bond donors (Lipinski definition) is 0. The van der Waals surface area contributed by atoms with E-state index in [1.165, 1.54) is 27.8 Å². The van der Waals surface area contributed by atoms with Crippen LogP contribution in [-0.4, -0.2) is 9.13 Å². The second-order valence-corrected chi connectivity index (χ2v) is 8.79. The minimum absolute atomic E-state index is 0.0919. The molecule has 0 bridgehead atoms. The van der Waals surface area contributed by atoms with E-state index >= 15 is 0 Å². The topological polar surface area (TPSA) is 57.1 Å². The Morgan fingerprint density at radius 1 is 0.967 bits per heavy atom. The van der Waals surface area contributed by atoms with Crippen LogP contribution in [0.5, 0.6) is 0 Å². The van der Waals surface area contributed by atoms with Crippen molar-refractivity contribution in [2.75, 3.05) is 0 Å². The minimum Gasteiger partial charge on any atom is -0.467 e. The van der Waals surface area contributed by atoms with E-state index in [-0.39, 0.29) is 30.2 Å². The van der Waals surface area contributed by atoms with E-state index in [4.69, 9.17) is 4.42 Å². The molecule has 0 atom stereocenters. The van der Waals surface area contributed by atoms with Gasteiger partial charge in [-0.1, -0.05) is 18.6 Å². The molecular weight excluding hydrogens is 403 g/mol. The van der Waals surface area contributed by atoms with Gasteiger partial charge in [-0.3, -0.25) is 13.9 Å². The average Bonchev–Trinajstić information content (AvgIpc) is 3.32. The Morgan fingerprint density at radius 3 is 2.53 bits per heavy atom. The second kappa shape index (κ2) is 7.72. The number of halogens is 1. The highest BCUT2D eigenvalue weighted by Crippen LogP contribution is 2.33. The largest absolute Gasteiger partial charge is 0.467 e. The van der Waals surface area contributed by atoms with Crippen LogP contribution in [0, 0.1) is 5.82 Å². The Balaban J connectivity index is 1.75. The molecule has 3 heterocycles. The number of nitrogens with zero attached hydrogens (tertiary/aromatic N) is 2. The van der Waals surface area contributed by atoms with Crippen LogP contribution in [-0.2, 0) is 25.9 Å². The lowest BCUT2D eigenvalue weighted by atomic mass is 10.1. The van der Waals surface area contributed by atoms with Crippen molar-refractivity contribution in [2.45, 2.75) is 45.2 Å². The Kier molecular flexibility index (Phi) is 4.90. The number of fused-ring (bicyclic) bond motifs is 3. The third-order valence-corrected chi connectivity index (χ3v) is 7.03. The first-order chi connectivity index (χ1) is 14.6. The van der Waals surface area contributed by atoms with Crippen LogP contribution >= 0.6 is 11.3 Å². The first-order valence-corrected chi connectivity index (χ1v) is 11.0. The van der Waals surface area contributed by atoms with Crippen molar-refractivity contribution in [3.8, 4) is 0 Å². The summed E-state index contributed by atoms with van der Waals surface area (Å²) in [6, 6.07) is 9.63. The summed E-state index contributed by atoms with van der Waals surface area (Å²) in [6.07, 6.45) is 6.64. The van der Waals surface area contributed by atoms with Gasteiger partial charge in [0.1, 0.15) is 16.4 Å². The number of hydrogen-bond acceptors (Lipinski definition) is 4. The highest BCUT2D eigenvalue weighted by Gasteiger charge is 2.23. The molecule has 0 unspecified atom stereocenters. The number of benzene rings is 1. The highest BCUT2D eigenvalue weighted by molar-refractivity contribution is 7.18. The van der Waals surface area contributed by atoms with E-state index in [1.54, 1.807) is 40.2 Å². The van der Waals surface area contributed by atoms with E-state index in [1.807, 2.05) is 0 Å². The van der Waals surface area contributed by atoms with Gasteiger partial charge in [0.25, 0.3) is 5.56 Å². The summed E-state index contributed by atoms with van der Waals surface area (Å²) in [5.74, 6) is 0.241. The monoisotopic (exact) mass is 424 g/mol. The molecule has 0 amide bonds. The second-order valence-electron chi connectivity index (χ2n) is 7.71. The standard InChI is InChI=1S/C23H21FN2O3S/c24-16-10-8-15(9-11-16)13-26-22-20(18-6-2-1-3-7-19(18)30-22)21(27)25(23(26)28)14-17-5-4-12-29-17/h4-5,8-12H,1-3,6-7,13-14H2. The SMILES string of the molecule is O=c1c2c3c(sc2n(Cc2ccc(F)cc2)c(=O)n1Cc1ccco1)CCCCC3. The van der Waals surface area contributed by atoms with Gasteiger partial charge in [0.15, 0.2) is 0 Å². The normalized spacial score (nSPS) is 14.0. The predicted octanol–water partition coefficient (Wildman–Crippen LogP) is 4.32. The Hall–Kier alpha value is -2.93. The van der Waals surface area contributed by atoms with Gasteiger partial charge in [-0.15, -0.1) is 11.3 Å². The van der Waals surface area contributed by atoms with E-state index in [9.17, 15) is 14.0 Å². The summed E-state index contributed by atoms with van der Waals surface area (Å²) in [6.45, 7) is 0.377. The van der Waals surface area contributed by atoms with Gasteiger partial charge in [-0.05, 0) is 61.1 Å². The van der Waals surface area contributed by atoms with Gasteiger partial charge in [0.05, 0.1) is 24.7 Å². The van der Waals surface area contributed by atoms with Crippen molar-refractivity contribution in [2.24, 2.45) is 0 Å². The molecule has 5 rings (SSSR count). The molecule has 1 aliphatic carbocycles. The van der Waals surface area contributed by atoms with Crippen molar-refractivity contribution in [1.29, 1.82) is 0 Å². The van der Waals surface area contributed by atoms with Crippen molar-refractivity contribution in [1.82, 2.24) is 9.13 Å². The Labute approximate surface area is 176 Å². The van der Waals surface area contributed by atoms with E-state index in [2.05, 4.69) is 0 Å². The summed E-state index contributed by atoms with van der Waals surface area (Å²) in [4.78, 5) is 28.8. The number of rotatable bonds is 4. The molecule has 0 N–H and O–H groups in total. The maximum Gasteiger partial charge on any atom is 0.332 e. The Morgan fingerprint density at radius 2 is 1.77 bits per heavy atom. The number of thiophene rings is 1. The molecule has 1 aliphatic rings. The molecule has 3 aromatic heterocycles. The highest BCUT2D eigenvalue weighted by atomic mass is 32.1. The fourth-order valence-corrected chi connectivity index (χ4v) is 5.58. The molecule has 0 spiro atoms. The first kappa shape index (κ1) is 19.1. The van der Waals surface area contributed by atoms with Gasteiger partial charge in [0.2, 0.25) is 0 Å². The van der Waals surface area contributed by atoms with Gasteiger partial charge in [-0.2, -0.15) is 0 Å². The molecule has 7 heteroatoms. The molecule has 154 valence electrons. The van der Waals surface area contributed by atoms with Crippen LogP contribution in [0.3, 0.4) is 0 Å². The van der Waals surface area contributed by atoms with Gasteiger partial charge < -0.3 is 4.42 Å².